The van der Waals surface area contributed by atoms with E-state index in [1.807, 2.05) is 4.72 Å². The maximum Gasteiger partial charge on any atom is 0.321 e. The van der Waals surface area contributed by atoms with Crippen LogP contribution in [0.1, 0.15) is 6.42 Å². The van der Waals surface area contributed by atoms with Gasteiger partial charge in [-0.1, -0.05) is 39.1 Å². The van der Waals surface area contributed by atoms with Crippen LogP contribution in [0.3, 0.4) is 0 Å². The van der Waals surface area contributed by atoms with Crippen molar-refractivity contribution < 1.29 is 23.4 Å². The van der Waals surface area contributed by atoms with Gasteiger partial charge >= 0.3 is 5.97 Å². The van der Waals surface area contributed by atoms with Crippen molar-refractivity contribution in [2.75, 3.05) is 6.61 Å². The minimum absolute atomic E-state index is 0.148. The molecule has 1 aromatic carbocycles. The third-order valence-corrected chi connectivity index (χ3v) is 5.10. The fraction of sp³-hybridized carbons (Fsp3) is 0.300. The summed E-state index contributed by atoms with van der Waals surface area (Å²) in [6.07, 6.45) is -0.277. The molecule has 0 amide bonds. The molecule has 0 aromatic heterocycles. The first-order chi connectivity index (χ1) is 9.19. The zero-order chi connectivity index (χ0) is 15.5. The summed E-state index contributed by atoms with van der Waals surface area (Å²) in [5.74, 6) is -1.41. The van der Waals surface area contributed by atoms with Crippen LogP contribution in [0, 0.1) is 0 Å². The average Bonchev–Trinajstić information content (AvgIpc) is 2.25. The highest BCUT2D eigenvalue weighted by Crippen LogP contribution is 2.32. The smallest absolute Gasteiger partial charge is 0.321 e. The maximum atomic E-state index is 12.1. The number of hydrogen-bond donors (Lipinski definition) is 3. The van der Waals surface area contributed by atoms with Gasteiger partial charge in [-0.3, -0.25) is 4.79 Å². The molecule has 0 saturated heterocycles. The number of rotatable bonds is 6. The van der Waals surface area contributed by atoms with Crippen molar-refractivity contribution in [1.82, 2.24) is 4.72 Å². The van der Waals surface area contributed by atoms with Crippen LogP contribution < -0.4 is 4.72 Å². The van der Waals surface area contributed by atoms with Crippen LogP contribution >= 0.6 is 39.1 Å². The fourth-order valence-electron chi connectivity index (χ4n) is 1.39. The summed E-state index contributed by atoms with van der Waals surface area (Å²) >= 11 is 14.8. The largest absolute Gasteiger partial charge is 0.480 e. The monoisotopic (exact) mass is 405 g/mol. The van der Waals surface area contributed by atoms with E-state index in [0.717, 1.165) is 0 Å². The van der Waals surface area contributed by atoms with Crippen LogP contribution in [-0.2, 0) is 14.8 Å². The van der Waals surface area contributed by atoms with E-state index < -0.39 is 33.5 Å². The molecule has 0 heterocycles. The third-order valence-electron chi connectivity index (χ3n) is 2.25. The van der Waals surface area contributed by atoms with Gasteiger partial charge in [-0.2, -0.15) is 4.72 Å². The van der Waals surface area contributed by atoms with Crippen molar-refractivity contribution in [3.8, 4) is 0 Å². The average molecular weight is 407 g/mol. The summed E-state index contributed by atoms with van der Waals surface area (Å²) in [4.78, 5) is 10.5. The van der Waals surface area contributed by atoms with Crippen molar-refractivity contribution in [2.45, 2.75) is 17.4 Å². The second-order valence-corrected chi connectivity index (χ2v) is 7.10. The molecule has 0 aliphatic carbocycles. The molecule has 0 radical (unpaired) electrons. The van der Waals surface area contributed by atoms with Crippen LogP contribution in [0.2, 0.25) is 10.0 Å². The first-order valence-corrected chi connectivity index (χ1v) is 8.22. The van der Waals surface area contributed by atoms with Gasteiger partial charge in [0.2, 0.25) is 10.0 Å². The lowest BCUT2D eigenvalue weighted by Crippen LogP contribution is -2.41. The number of nitrogens with one attached hydrogen (secondary N) is 1. The van der Waals surface area contributed by atoms with Crippen molar-refractivity contribution in [3.05, 3.63) is 26.7 Å². The molecule has 1 aromatic rings. The molecule has 0 spiro atoms. The number of aliphatic carboxylic acids is 1. The van der Waals surface area contributed by atoms with Gasteiger partial charge in [0.05, 0.1) is 10.0 Å². The van der Waals surface area contributed by atoms with E-state index >= 15 is 0 Å². The molecule has 20 heavy (non-hydrogen) atoms. The number of aliphatic hydroxyl groups excluding tert-OH is 1. The highest BCUT2D eigenvalue weighted by Gasteiger charge is 2.28. The predicted molar refractivity (Wildman–Crippen MR) is 77.6 cm³/mol. The lowest BCUT2D eigenvalue weighted by Gasteiger charge is -2.15. The Morgan fingerprint density at radius 2 is 1.85 bits per heavy atom. The van der Waals surface area contributed by atoms with Crippen LogP contribution in [0.5, 0.6) is 0 Å². The van der Waals surface area contributed by atoms with Crippen molar-refractivity contribution >= 4 is 55.1 Å². The standard InChI is InChI=1S/C10H10BrCl2NO5S/c11-5-3-6(12)9(7(13)4-5)20(18,19)14-8(1-2-15)10(16)17/h3-4,8,14-15H,1-2H2,(H,16,17)/t8-/m1/s1. The van der Waals surface area contributed by atoms with Gasteiger partial charge in [0.25, 0.3) is 0 Å². The summed E-state index contributed by atoms with van der Waals surface area (Å²) in [5.41, 5.74) is 0. The Labute approximate surface area is 133 Å². The number of carbonyl (C=O) groups is 1. The first-order valence-electron chi connectivity index (χ1n) is 5.19. The Morgan fingerprint density at radius 1 is 1.35 bits per heavy atom. The van der Waals surface area contributed by atoms with Crippen molar-refractivity contribution in [2.24, 2.45) is 0 Å². The van der Waals surface area contributed by atoms with Crippen LogP contribution in [0.25, 0.3) is 0 Å². The fourth-order valence-corrected chi connectivity index (χ4v) is 4.55. The number of sulfonamides is 1. The number of halogens is 3. The predicted octanol–water partition coefficient (Wildman–Crippen LogP) is 1.87. The Bertz CT molecular complexity index is 599. The van der Waals surface area contributed by atoms with E-state index in [1.165, 1.54) is 12.1 Å². The molecular weight excluding hydrogens is 397 g/mol. The third kappa shape index (κ3) is 4.31. The van der Waals surface area contributed by atoms with Crippen LogP contribution in [0.15, 0.2) is 21.5 Å². The number of hydrogen-bond acceptors (Lipinski definition) is 4. The van der Waals surface area contributed by atoms with Gasteiger partial charge in [0, 0.05) is 11.1 Å². The van der Waals surface area contributed by atoms with Gasteiger partial charge < -0.3 is 10.2 Å². The molecule has 0 aliphatic rings. The maximum absolute atomic E-state index is 12.1. The van der Waals surface area contributed by atoms with Gasteiger partial charge in [0.15, 0.2) is 0 Å². The lowest BCUT2D eigenvalue weighted by atomic mass is 10.2. The summed E-state index contributed by atoms with van der Waals surface area (Å²) in [7, 11) is -4.23. The number of benzene rings is 1. The van der Waals surface area contributed by atoms with E-state index in [0.29, 0.717) is 4.47 Å². The summed E-state index contributed by atoms with van der Waals surface area (Å²) in [6, 6.07) is 1.17. The zero-order valence-corrected chi connectivity index (χ0v) is 13.7. The van der Waals surface area contributed by atoms with Crippen molar-refractivity contribution in [1.29, 1.82) is 0 Å². The van der Waals surface area contributed by atoms with Gasteiger partial charge in [0.1, 0.15) is 10.9 Å². The lowest BCUT2D eigenvalue weighted by molar-refractivity contribution is -0.139. The Hall–Kier alpha value is -0.380. The quantitative estimate of drug-likeness (QED) is 0.668. The summed E-state index contributed by atoms with van der Waals surface area (Å²) in [5, 5.41) is 17.3. The van der Waals surface area contributed by atoms with Crippen LogP contribution in [0.4, 0.5) is 0 Å². The SMILES string of the molecule is O=C(O)[C@@H](CCO)NS(=O)(=O)c1c(Cl)cc(Br)cc1Cl. The second-order valence-electron chi connectivity index (χ2n) is 3.72. The van der Waals surface area contributed by atoms with E-state index in [1.54, 1.807) is 0 Å². The van der Waals surface area contributed by atoms with Crippen LogP contribution in [-0.4, -0.2) is 37.2 Å². The molecule has 0 bridgehead atoms. The van der Waals surface area contributed by atoms with Gasteiger partial charge in [-0.15, -0.1) is 0 Å². The Balaban J connectivity index is 3.20. The topological polar surface area (TPSA) is 104 Å². The molecule has 3 N–H and O–H groups in total. The number of carboxylic acid groups (broad SMARTS) is 1. The van der Waals surface area contributed by atoms with Gasteiger partial charge in [-0.25, -0.2) is 8.42 Å². The highest BCUT2D eigenvalue weighted by atomic mass is 79.9. The van der Waals surface area contributed by atoms with E-state index in [9.17, 15) is 13.2 Å². The number of carboxylic acids is 1. The molecular formula is C10H10BrCl2NO5S. The minimum atomic E-state index is -4.23. The van der Waals surface area contributed by atoms with Crippen molar-refractivity contribution in [3.63, 3.8) is 0 Å². The van der Waals surface area contributed by atoms with E-state index in [4.69, 9.17) is 33.4 Å². The molecule has 6 nitrogen and oxygen atoms in total. The summed E-state index contributed by atoms with van der Waals surface area (Å²) in [6.45, 7) is -0.485. The van der Waals surface area contributed by atoms with E-state index in [2.05, 4.69) is 15.9 Å². The number of aliphatic hydroxyl groups is 1. The second kappa shape index (κ2) is 7.06. The Kier molecular flexibility index (Phi) is 6.24. The molecule has 112 valence electrons. The van der Waals surface area contributed by atoms with E-state index in [-0.39, 0.29) is 16.5 Å². The molecule has 0 unspecified atom stereocenters. The molecule has 1 rings (SSSR count). The molecule has 1 atom stereocenters. The van der Waals surface area contributed by atoms with Gasteiger partial charge in [-0.05, 0) is 18.6 Å². The zero-order valence-electron chi connectivity index (χ0n) is 9.81. The molecule has 0 aliphatic heterocycles. The molecule has 0 saturated carbocycles. The highest BCUT2D eigenvalue weighted by molar-refractivity contribution is 9.10. The summed E-state index contributed by atoms with van der Waals surface area (Å²) < 4.78 is 26.7. The minimum Gasteiger partial charge on any atom is -0.480 e. The molecule has 0 fully saturated rings. The molecule has 10 heteroatoms. The normalized spacial score (nSPS) is 13.2. The Morgan fingerprint density at radius 3 is 2.25 bits per heavy atom. The first kappa shape index (κ1) is 17.7.